The van der Waals surface area contributed by atoms with Gasteiger partial charge in [-0.1, -0.05) is 18.2 Å². The third kappa shape index (κ3) is 3.05. The topological polar surface area (TPSA) is 54.3 Å². The van der Waals surface area contributed by atoms with E-state index in [1.54, 1.807) is 22.2 Å². The van der Waals surface area contributed by atoms with Gasteiger partial charge in [0.1, 0.15) is 0 Å². The van der Waals surface area contributed by atoms with Crippen LogP contribution in [0.25, 0.3) is 0 Å². The molecule has 3 heterocycles. The van der Waals surface area contributed by atoms with Gasteiger partial charge in [0.2, 0.25) is 0 Å². The van der Waals surface area contributed by atoms with Crippen molar-refractivity contribution in [2.75, 3.05) is 27.2 Å². The van der Waals surface area contributed by atoms with Crippen LogP contribution < -0.4 is 0 Å². The minimum atomic E-state index is -0.0198. The highest BCUT2D eigenvalue weighted by Gasteiger charge is 2.34. The first-order valence-corrected chi connectivity index (χ1v) is 8.31. The molecule has 1 saturated heterocycles. The summed E-state index contributed by atoms with van der Waals surface area (Å²) in [5.41, 5.74) is 0.433. The molecule has 7 heteroatoms. The fourth-order valence-corrected chi connectivity index (χ4v) is 3.68. The van der Waals surface area contributed by atoms with Crippen molar-refractivity contribution in [1.82, 2.24) is 24.8 Å². The van der Waals surface area contributed by atoms with Crippen LogP contribution in [0.5, 0.6) is 0 Å². The molecule has 1 amide bonds. The van der Waals surface area contributed by atoms with Gasteiger partial charge in [0.05, 0.1) is 12.7 Å². The lowest BCUT2D eigenvalue weighted by atomic mass is 10.1. The Kier molecular flexibility index (Phi) is 4.26. The minimum absolute atomic E-state index is 0.0198. The van der Waals surface area contributed by atoms with E-state index in [1.165, 1.54) is 4.88 Å². The van der Waals surface area contributed by atoms with E-state index >= 15 is 0 Å². The summed E-state index contributed by atoms with van der Waals surface area (Å²) < 4.78 is 1.72. The number of carbonyl (C=O) groups excluding carboxylic acids is 1. The van der Waals surface area contributed by atoms with Gasteiger partial charge in [-0.05, 0) is 31.5 Å². The van der Waals surface area contributed by atoms with Gasteiger partial charge >= 0.3 is 0 Å². The molecule has 1 fully saturated rings. The molecular formula is C15H21N5OS. The van der Waals surface area contributed by atoms with E-state index < -0.39 is 0 Å². The lowest BCUT2D eigenvalue weighted by Gasteiger charge is -2.22. The molecule has 118 valence electrons. The molecule has 0 radical (unpaired) electrons. The second-order valence-corrected chi connectivity index (χ2v) is 7.13. The molecule has 3 rings (SSSR count). The van der Waals surface area contributed by atoms with E-state index in [0.29, 0.717) is 24.2 Å². The predicted octanol–water partition coefficient (Wildman–Crippen LogP) is 1.41. The van der Waals surface area contributed by atoms with E-state index in [2.05, 4.69) is 42.3 Å². The van der Waals surface area contributed by atoms with Crippen molar-refractivity contribution >= 4 is 17.2 Å². The summed E-state index contributed by atoms with van der Waals surface area (Å²) in [5, 5.41) is 10.2. The third-order valence-electron chi connectivity index (χ3n) is 4.18. The van der Waals surface area contributed by atoms with Crippen molar-refractivity contribution in [3.63, 3.8) is 0 Å². The van der Waals surface area contributed by atoms with Crippen LogP contribution in [0, 0.1) is 5.92 Å². The SMILES string of the molecule is C[C@@H]1CN(C(=O)c2cn(Cc3cccs3)nn2)C[C@H]1N(C)C. The largest absolute Gasteiger partial charge is 0.335 e. The first-order chi connectivity index (χ1) is 10.5. The van der Waals surface area contributed by atoms with Crippen LogP contribution in [0.4, 0.5) is 0 Å². The van der Waals surface area contributed by atoms with E-state index in [-0.39, 0.29) is 5.91 Å². The molecule has 2 aromatic rings. The highest BCUT2D eigenvalue weighted by molar-refractivity contribution is 7.09. The third-order valence-corrected chi connectivity index (χ3v) is 5.04. The zero-order valence-corrected chi connectivity index (χ0v) is 14.0. The average Bonchev–Trinajstić information content (AvgIpc) is 3.19. The van der Waals surface area contributed by atoms with Crippen LogP contribution in [-0.4, -0.2) is 63.9 Å². The van der Waals surface area contributed by atoms with Crippen molar-refractivity contribution in [2.45, 2.75) is 19.5 Å². The zero-order chi connectivity index (χ0) is 15.7. The number of carbonyl (C=O) groups is 1. The number of hydrogen-bond donors (Lipinski definition) is 0. The van der Waals surface area contributed by atoms with E-state index in [4.69, 9.17) is 0 Å². The van der Waals surface area contributed by atoms with Gasteiger partial charge in [0.15, 0.2) is 5.69 Å². The molecule has 0 aliphatic carbocycles. The lowest BCUT2D eigenvalue weighted by molar-refractivity contribution is 0.0775. The molecule has 0 N–H and O–H groups in total. The average molecular weight is 319 g/mol. The van der Waals surface area contributed by atoms with E-state index in [0.717, 1.165) is 13.1 Å². The Hall–Kier alpha value is -1.73. The number of likely N-dealkylation sites (N-methyl/N-ethyl adjacent to an activating group) is 1. The van der Waals surface area contributed by atoms with Crippen LogP contribution in [0.1, 0.15) is 22.3 Å². The number of nitrogens with zero attached hydrogens (tertiary/aromatic N) is 5. The van der Waals surface area contributed by atoms with Gasteiger partial charge in [-0.2, -0.15) is 0 Å². The van der Waals surface area contributed by atoms with Crippen LogP contribution in [0.3, 0.4) is 0 Å². The highest BCUT2D eigenvalue weighted by Crippen LogP contribution is 2.21. The number of aromatic nitrogens is 3. The molecule has 1 aliphatic heterocycles. The Labute approximate surface area is 134 Å². The van der Waals surface area contributed by atoms with Crippen LogP contribution in [-0.2, 0) is 6.54 Å². The Morgan fingerprint density at radius 3 is 2.91 bits per heavy atom. The van der Waals surface area contributed by atoms with Crippen molar-refractivity contribution in [2.24, 2.45) is 5.92 Å². The van der Waals surface area contributed by atoms with E-state index in [1.807, 2.05) is 16.3 Å². The van der Waals surface area contributed by atoms with Gasteiger partial charge in [0, 0.05) is 24.0 Å². The summed E-state index contributed by atoms with van der Waals surface area (Å²) in [7, 11) is 4.12. The fourth-order valence-electron chi connectivity index (χ4n) is 2.99. The molecule has 22 heavy (non-hydrogen) atoms. The second kappa shape index (κ2) is 6.18. The molecule has 0 aromatic carbocycles. The quantitative estimate of drug-likeness (QED) is 0.855. The molecular weight excluding hydrogens is 298 g/mol. The van der Waals surface area contributed by atoms with Gasteiger partial charge in [-0.25, -0.2) is 4.68 Å². The first kappa shape index (κ1) is 15.2. The van der Waals surface area contributed by atoms with Crippen molar-refractivity contribution in [3.8, 4) is 0 Å². The van der Waals surface area contributed by atoms with Crippen LogP contribution in [0.2, 0.25) is 0 Å². The van der Waals surface area contributed by atoms with Gasteiger partial charge < -0.3 is 9.80 Å². The monoisotopic (exact) mass is 319 g/mol. The minimum Gasteiger partial charge on any atom is -0.335 e. The van der Waals surface area contributed by atoms with Crippen molar-refractivity contribution in [1.29, 1.82) is 0 Å². The molecule has 0 unspecified atom stereocenters. The standard InChI is InChI=1S/C15H21N5OS/c1-11-7-19(10-14(11)18(2)3)15(21)13-9-20(17-16-13)8-12-5-4-6-22-12/h4-6,9,11,14H,7-8,10H2,1-3H3/t11-,14-/m1/s1. The summed E-state index contributed by atoms with van der Waals surface area (Å²) in [6.45, 7) is 4.38. The summed E-state index contributed by atoms with van der Waals surface area (Å²) in [5.74, 6) is 0.453. The number of hydrogen-bond acceptors (Lipinski definition) is 5. The highest BCUT2D eigenvalue weighted by atomic mass is 32.1. The fraction of sp³-hybridized carbons (Fsp3) is 0.533. The second-order valence-electron chi connectivity index (χ2n) is 6.10. The molecule has 0 bridgehead atoms. The Morgan fingerprint density at radius 1 is 1.45 bits per heavy atom. The Balaban J connectivity index is 1.67. The maximum Gasteiger partial charge on any atom is 0.276 e. The molecule has 2 atom stereocenters. The summed E-state index contributed by atoms with van der Waals surface area (Å²) in [4.78, 5) is 17.8. The number of thiophene rings is 1. The van der Waals surface area contributed by atoms with Gasteiger partial charge in [-0.3, -0.25) is 4.79 Å². The number of amides is 1. The zero-order valence-electron chi connectivity index (χ0n) is 13.1. The lowest BCUT2D eigenvalue weighted by Crippen LogP contribution is -2.35. The van der Waals surface area contributed by atoms with Crippen molar-refractivity contribution < 1.29 is 4.79 Å². The first-order valence-electron chi connectivity index (χ1n) is 7.43. The molecule has 6 nitrogen and oxygen atoms in total. The van der Waals surface area contributed by atoms with Crippen molar-refractivity contribution in [3.05, 3.63) is 34.3 Å². The Morgan fingerprint density at radius 2 is 2.27 bits per heavy atom. The number of rotatable bonds is 4. The summed E-state index contributed by atoms with van der Waals surface area (Å²) in [6, 6.07) is 4.47. The molecule has 2 aromatic heterocycles. The maximum absolute atomic E-state index is 12.6. The molecule has 0 spiro atoms. The Bertz CT molecular complexity index is 636. The number of likely N-dealkylation sites (tertiary alicyclic amines) is 1. The normalized spacial score (nSPS) is 21.7. The summed E-state index contributed by atoms with van der Waals surface area (Å²) in [6.07, 6.45) is 1.75. The van der Waals surface area contributed by atoms with E-state index in [9.17, 15) is 4.79 Å². The van der Waals surface area contributed by atoms with Gasteiger partial charge in [-0.15, -0.1) is 16.4 Å². The molecule has 1 aliphatic rings. The smallest absolute Gasteiger partial charge is 0.276 e. The van der Waals surface area contributed by atoms with Crippen LogP contribution in [0.15, 0.2) is 23.7 Å². The molecule has 0 saturated carbocycles. The maximum atomic E-state index is 12.6. The summed E-state index contributed by atoms with van der Waals surface area (Å²) >= 11 is 1.68. The predicted molar refractivity (Wildman–Crippen MR) is 86.0 cm³/mol. The van der Waals surface area contributed by atoms with Crippen LogP contribution >= 0.6 is 11.3 Å². The van der Waals surface area contributed by atoms with Gasteiger partial charge in [0.25, 0.3) is 5.91 Å².